The summed E-state index contributed by atoms with van der Waals surface area (Å²) in [7, 11) is 0. The third-order valence-corrected chi connectivity index (χ3v) is 4.45. The van der Waals surface area contributed by atoms with E-state index in [0.29, 0.717) is 31.0 Å². The summed E-state index contributed by atoms with van der Waals surface area (Å²) in [6.45, 7) is 2.65. The number of benzene rings is 1. The average molecular weight is 335 g/mol. The Labute approximate surface area is 144 Å². The first-order chi connectivity index (χ1) is 12.1. The van der Waals surface area contributed by atoms with Crippen LogP contribution in [0.15, 0.2) is 36.7 Å². The molecular formula is C18H17N5O2. The van der Waals surface area contributed by atoms with E-state index in [1.807, 2.05) is 24.3 Å². The van der Waals surface area contributed by atoms with Crippen molar-refractivity contribution in [2.45, 2.75) is 19.9 Å². The Morgan fingerprint density at radius 3 is 2.88 bits per heavy atom. The maximum Gasteiger partial charge on any atom is 0.259 e. The van der Waals surface area contributed by atoms with Crippen molar-refractivity contribution < 1.29 is 9.59 Å². The van der Waals surface area contributed by atoms with Gasteiger partial charge in [0, 0.05) is 32.4 Å². The lowest BCUT2D eigenvalue weighted by Gasteiger charge is -2.28. The van der Waals surface area contributed by atoms with Crippen molar-refractivity contribution in [3.63, 3.8) is 0 Å². The Balaban J connectivity index is 1.60. The molecule has 2 N–H and O–H groups in total. The number of H-pyrrole nitrogens is 1. The van der Waals surface area contributed by atoms with Gasteiger partial charge < -0.3 is 9.88 Å². The number of hydrogen-bond acceptors (Lipinski definition) is 4. The van der Waals surface area contributed by atoms with Crippen LogP contribution in [0.25, 0.3) is 11.0 Å². The molecule has 2 amide bonds. The minimum Gasteiger partial charge on any atom is -0.338 e. The highest BCUT2D eigenvalue weighted by molar-refractivity contribution is 6.05. The van der Waals surface area contributed by atoms with Crippen molar-refractivity contribution in [3.05, 3.63) is 53.3 Å². The van der Waals surface area contributed by atoms with Crippen LogP contribution in [0.4, 0.5) is 5.95 Å². The summed E-state index contributed by atoms with van der Waals surface area (Å²) in [5, 5.41) is 2.81. The van der Waals surface area contributed by atoms with E-state index in [1.165, 1.54) is 0 Å². The number of amides is 2. The minimum atomic E-state index is -0.250. The summed E-state index contributed by atoms with van der Waals surface area (Å²) in [5.74, 6) is 0.187. The molecule has 0 saturated heterocycles. The van der Waals surface area contributed by atoms with E-state index < -0.39 is 0 Å². The van der Waals surface area contributed by atoms with Gasteiger partial charge in [-0.15, -0.1) is 0 Å². The summed E-state index contributed by atoms with van der Waals surface area (Å²) < 4.78 is 0. The molecule has 2 aromatic heterocycles. The van der Waals surface area contributed by atoms with Crippen LogP contribution >= 0.6 is 0 Å². The predicted octanol–water partition coefficient (Wildman–Crippen LogP) is 2.11. The van der Waals surface area contributed by atoms with Gasteiger partial charge in [-0.3, -0.25) is 19.9 Å². The number of imidazole rings is 1. The number of hydrogen-bond donors (Lipinski definition) is 2. The topological polar surface area (TPSA) is 91.0 Å². The summed E-state index contributed by atoms with van der Waals surface area (Å²) in [6.07, 6.45) is 3.93. The zero-order valence-electron chi connectivity index (χ0n) is 13.7. The second-order valence-electron chi connectivity index (χ2n) is 6.07. The maximum absolute atomic E-state index is 12.7. The number of anilines is 1. The first-order valence-corrected chi connectivity index (χ1v) is 8.09. The van der Waals surface area contributed by atoms with E-state index in [9.17, 15) is 9.59 Å². The summed E-state index contributed by atoms with van der Waals surface area (Å²) in [5.41, 5.74) is 4.05. The lowest BCUT2D eigenvalue weighted by atomic mass is 9.96. The normalized spacial score (nSPS) is 13.6. The standard InChI is InChI=1S/C18H17N5O2/c1-11(24)23-7-6-13-12(10-23)8-19-9-14(13)17(25)22-18-20-15-4-2-3-5-16(15)21-18/h2-5,8-9H,6-7,10H2,1H3,(H2,20,21,22,25). The molecule has 7 nitrogen and oxygen atoms in total. The number of nitrogens with one attached hydrogen (secondary N) is 2. The molecule has 0 saturated carbocycles. The highest BCUT2D eigenvalue weighted by Gasteiger charge is 2.23. The minimum absolute atomic E-state index is 0.0304. The van der Waals surface area contributed by atoms with Crippen LogP contribution in [0.2, 0.25) is 0 Å². The van der Waals surface area contributed by atoms with Gasteiger partial charge in [0.1, 0.15) is 0 Å². The van der Waals surface area contributed by atoms with E-state index in [0.717, 1.165) is 22.2 Å². The quantitative estimate of drug-likeness (QED) is 0.750. The zero-order valence-corrected chi connectivity index (χ0v) is 13.7. The molecule has 1 aromatic carbocycles. The molecule has 0 fully saturated rings. The number of aromatic amines is 1. The Morgan fingerprint density at radius 2 is 2.08 bits per heavy atom. The van der Waals surface area contributed by atoms with Gasteiger partial charge in [-0.05, 0) is 29.7 Å². The lowest BCUT2D eigenvalue weighted by molar-refractivity contribution is -0.129. The fraction of sp³-hybridized carbons (Fsp3) is 0.222. The van der Waals surface area contributed by atoms with Crippen LogP contribution in [-0.4, -0.2) is 38.2 Å². The molecule has 0 spiro atoms. The van der Waals surface area contributed by atoms with Gasteiger partial charge in [-0.2, -0.15) is 0 Å². The molecule has 0 aliphatic carbocycles. The molecule has 0 atom stereocenters. The molecule has 0 unspecified atom stereocenters. The SMILES string of the molecule is CC(=O)N1CCc2c(cncc2C(=O)Nc2nc3ccccc3[nH]2)C1. The molecule has 3 aromatic rings. The second-order valence-corrected chi connectivity index (χ2v) is 6.07. The van der Waals surface area contributed by atoms with Crippen molar-refractivity contribution in [3.8, 4) is 0 Å². The molecular weight excluding hydrogens is 318 g/mol. The van der Waals surface area contributed by atoms with Crippen LogP contribution in [0.1, 0.15) is 28.4 Å². The number of pyridine rings is 1. The molecule has 1 aliphatic rings. The van der Waals surface area contributed by atoms with E-state index in [4.69, 9.17) is 0 Å². The Kier molecular flexibility index (Phi) is 3.68. The van der Waals surface area contributed by atoms with Gasteiger partial charge in [0.05, 0.1) is 16.6 Å². The number of rotatable bonds is 2. The molecule has 4 rings (SSSR count). The fourth-order valence-corrected chi connectivity index (χ4v) is 3.14. The van der Waals surface area contributed by atoms with Gasteiger partial charge in [-0.1, -0.05) is 12.1 Å². The monoisotopic (exact) mass is 335 g/mol. The first kappa shape index (κ1) is 15.3. The second kappa shape index (κ2) is 6.01. The third-order valence-electron chi connectivity index (χ3n) is 4.45. The van der Waals surface area contributed by atoms with Gasteiger partial charge >= 0.3 is 0 Å². The van der Waals surface area contributed by atoms with Gasteiger partial charge in [0.15, 0.2) is 0 Å². The third kappa shape index (κ3) is 2.84. The summed E-state index contributed by atoms with van der Waals surface area (Å²) in [6, 6.07) is 7.58. The van der Waals surface area contributed by atoms with Crippen molar-refractivity contribution in [2.75, 3.05) is 11.9 Å². The molecule has 3 heterocycles. The van der Waals surface area contributed by atoms with Gasteiger partial charge in [0.25, 0.3) is 5.91 Å². The predicted molar refractivity (Wildman–Crippen MR) is 93.1 cm³/mol. The Morgan fingerprint density at radius 1 is 1.24 bits per heavy atom. The zero-order chi connectivity index (χ0) is 17.4. The number of para-hydroxylation sites is 2. The number of fused-ring (bicyclic) bond motifs is 2. The Bertz CT molecular complexity index is 946. The summed E-state index contributed by atoms with van der Waals surface area (Å²) in [4.78, 5) is 37.6. The van der Waals surface area contributed by atoms with Crippen LogP contribution in [0, 0.1) is 0 Å². The first-order valence-electron chi connectivity index (χ1n) is 8.09. The number of carbonyl (C=O) groups excluding carboxylic acids is 2. The smallest absolute Gasteiger partial charge is 0.259 e. The largest absolute Gasteiger partial charge is 0.338 e. The van der Waals surface area contributed by atoms with Crippen molar-refractivity contribution in [1.82, 2.24) is 19.9 Å². The number of carbonyl (C=O) groups is 2. The van der Waals surface area contributed by atoms with E-state index >= 15 is 0 Å². The van der Waals surface area contributed by atoms with Crippen molar-refractivity contribution in [1.29, 1.82) is 0 Å². The highest BCUT2D eigenvalue weighted by Crippen LogP contribution is 2.22. The lowest BCUT2D eigenvalue weighted by Crippen LogP contribution is -2.35. The average Bonchev–Trinajstić information content (AvgIpc) is 3.02. The van der Waals surface area contributed by atoms with Gasteiger partial charge in [-0.25, -0.2) is 4.98 Å². The molecule has 0 bridgehead atoms. The van der Waals surface area contributed by atoms with Crippen LogP contribution in [0.3, 0.4) is 0 Å². The highest BCUT2D eigenvalue weighted by atomic mass is 16.2. The molecule has 0 radical (unpaired) electrons. The van der Waals surface area contributed by atoms with E-state index in [2.05, 4.69) is 20.3 Å². The number of nitrogens with zero attached hydrogens (tertiary/aromatic N) is 3. The van der Waals surface area contributed by atoms with Gasteiger partial charge in [0.2, 0.25) is 11.9 Å². The molecule has 25 heavy (non-hydrogen) atoms. The number of aromatic nitrogens is 3. The van der Waals surface area contributed by atoms with Crippen LogP contribution in [-0.2, 0) is 17.8 Å². The molecule has 1 aliphatic heterocycles. The fourth-order valence-electron chi connectivity index (χ4n) is 3.14. The summed E-state index contributed by atoms with van der Waals surface area (Å²) >= 11 is 0. The molecule has 7 heteroatoms. The Hall–Kier alpha value is -3.22. The van der Waals surface area contributed by atoms with E-state index in [1.54, 1.807) is 24.2 Å². The van der Waals surface area contributed by atoms with Crippen LogP contribution < -0.4 is 5.32 Å². The van der Waals surface area contributed by atoms with E-state index in [-0.39, 0.29) is 11.8 Å². The maximum atomic E-state index is 12.7. The van der Waals surface area contributed by atoms with Crippen molar-refractivity contribution >= 4 is 28.8 Å². The molecule has 126 valence electrons. The van der Waals surface area contributed by atoms with Crippen LogP contribution in [0.5, 0.6) is 0 Å². The van der Waals surface area contributed by atoms with Crippen molar-refractivity contribution in [2.24, 2.45) is 0 Å².